The van der Waals surface area contributed by atoms with Crippen LogP contribution in [0.2, 0.25) is 0 Å². The van der Waals surface area contributed by atoms with Crippen molar-refractivity contribution in [1.29, 1.82) is 0 Å². The average Bonchev–Trinajstić information content (AvgIpc) is 3.05. The lowest BCUT2D eigenvalue weighted by Crippen LogP contribution is -2.39. The molecule has 3 heterocycles. The van der Waals surface area contributed by atoms with Gasteiger partial charge in [-0.3, -0.25) is 0 Å². The molecule has 124 valence electrons. The number of hydrogen-bond acceptors (Lipinski definition) is 7. The lowest BCUT2D eigenvalue weighted by Gasteiger charge is -2.34. The van der Waals surface area contributed by atoms with E-state index in [4.69, 9.17) is 4.74 Å². The van der Waals surface area contributed by atoms with Crippen molar-refractivity contribution in [2.24, 2.45) is 0 Å². The van der Waals surface area contributed by atoms with Crippen molar-refractivity contribution in [3.63, 3.8) is 0 Å². The van der Waals surface area contributed by atoms with Crippen molar-refractivity contribution in [2.45, 2.75) is 17.4 Å². The van der Waals surface area contributed by atoms with E-state index >= 15 is 0 Å². The molecule has 1 unspecified atom stereocenters. The Labute approximate surface area is 149 Å². The Morgan fingerprint density at radius 1 is 1.29 bits per heavy atom. The highest BCUT2D eigenvalue weighted by atomic mass is 32.2. The second-order valence-electron chi connectivity index (χ2n) is 5.70. The number of aryl methyl sites for hydroxylation is 1. The molecular formula is C17H18N4OS2. The zero-order chi connectivity index (χ0) is 16.5. The number of ether oxygens (including phenoxy) is 1. The van der Waals surface area contributed by atoms with Crippen LogP contribution in [0, 0.1) is 6.92 Å². The van der Waals surface area contributed by atoms with Crippen molar-refractivity contribution >= 4 is 39.3 Å². The van der Waals surface area contributed by atoms with E-state index in [0.717, 1.165) is 33.6 Å². The number of aromatic nitrogens is 3. The molecule has 1 fully saturated rings. The molecule has 1 aromatic carbocycles. The zero-order valence-corrected chi connectivity index (χ0v) is 15.2. The summed E-state index contributed by atoms with van der Waals surface area (Å²) in [5, 5.41) is 0. The van der Waals surface area contributed by atoms with Crippen LogP contribution >= 0.6 is 23.1 Å². The minimum absolute atomic E-state index is 0.0675. The molecule has 2 aromatic heterocycles. The Bertz CT molecular complexity index is 867. The number of fused-ring (bicyclic) bond motifs is 1. The van der Waals surface area contributed by atoms with E-state index in [1.54, 1.807) is 29.4 Å². The van der Waals surface area contributed by atoms with Gasteiger partial charge in [0, 0.05) is 13.1 Å². The molecule has 7 heteroatoms. The number of thiazole rings is 1. The lowest BCUT2D eigenvalue weighted by molar-refractivity contribution is 0.0392. The van der Waals surface area contributed by atoms with E-state index in [1.165, 1.54) is 11.1 Å². The third-order valence-electron chi connectivity index (χ3n) is 4.23. The fourth-order valence-electron chi connectivity index (χ4n) is 3.01. The van der Waals surface area contributed by atoms with Crippen LogP contribution < -0.4 is 4.90 Å². The van der Waals surface area contributed by atoms with E-state index in [9.17, 15) is 0 Å². The van der Waals surface area contributed by atoms with Gasteiger partial charge in [0.05, 0.1) is 6.61 Å². The first kappa shape index (κ1) is 15.8. The Kier molecular flexibility index (Phi) is 4.39. The first-order valence-electron chi connectivity index (χ1n) is 7.84. The van der Waals surface area contributed by atoms with E-state index in [0.29, 0.717) is 6.61 Å². The topological polar surface area (TPSA) is 51.1 Å². The largest absolute Gasteiger partial charge is 0.370 e. The first-order valence-corrected chi connectivity index (χ1v) is 9.88. The summed E-state index contributed by atoms with van der Waals surface area (Å²) in [7, 11) is 0. The molecule has 1 aliphatic heterocycles. The van der Waals surface area contributed by atoms with E-state index < -0.39 is 0 Å². The van der Waals surface area contributed by atoms with Crippen LogP contribution in [0.15, 0.2) is 34.9 Å². The van der Waals surface area contributed by atoms with Crippen LogP contribution in [-0.4, -0.2) is 40.9 Å². The summed E-state index contributed by atoms with van der Waals surface area (Å²) in [4.78, 5) is 15.7. The van der Waals surface area contributed by atoms with E-state index in [1.807, 2.05) is 6.26 Å². The molecule has 0 bridgehead atoms. The predicted molar refractivity (Wildman–Crippen MR) is 99.1 cm³/mol. The molecule has 1 saturated heterocycles. The van der Waals surface area contributed by atoms with Gasteiger partial charge in [0.1, 0.15) is 17.1 Å². The average molecular weight is 358 g/mol. The molecule has 1 aliphatic rings. The number of morpholine rings is 1. The van der Waals surface area contributed by atoms with Crippen molar-refractivity contribution in [2.75, 3.05) is 30.9 Å². The number of anilines is 1. The molecular weight excluding hydrogens is 340 g/mol. The minimum Gasteiger partial charge on any atom is -0.370 e. The fourth-order valence-corrected chi connectivity index (χ4v) is 4.54. The molecule has 4 rings (SSSR count). The summed E-state index contributed by atoms with van der Waals surface area (Å²) in [6.45, 7) is 4.46. The first-order chi connectivity index (χ1) is 11.8. The van der Waals surface area contributed by atoms with Crippen LogP contribution in [-0.2, 0) is 4.74 Å². The Balaban J connectivity index is 1.67. The maximum absolute atomic E-state index is 6.03. The van der Waals surface area contributed by atoms with Gasteiger partial charge >= 0.3 is 0 Å². The molecule has 0 amide bonds. The molecule has 24 heavy (non-hydrogen) atoms. The van der Waals surface area contributed by atoms with E-state index in [-0.39, 0.29) is 6.10 Å². The van der Waals surface area contributed by atoms with Gasteiger partial charge in [0.2, 0.25) is 0 Å². The highest BCUT2D eigenvalue weighted by Gasteiger charge is 2.26. The summed E-state index contributed by atoms with van der Waals surface area (Å²) in [6, 6.07) is 8.42. The second-order valence-corrected chi connectivity index (χ2v) is 7.75. The summed E-state index contributed by atoms with van der Waals surface area (Å²) >= 11 is 3.31. The molecule has 0 spiro atoms. The van der Waals surface area contributed by atoms with Crippen LogP contribution in [0.1, 0.15) is 17.2 Å². The summed E-state index contributed by atoms with van der Waals surface area (Å²) in [5.74, 6) is 0.972. The number of hydrogen-bond donors (Lipinski definition) is 0. The van der Waals surface area contributed by atoms with Gasteiger partial charge in [-0.05, 0) is 24.3 Å². The lowest BCUT2D eigenvalue weighted by atomic mass is 10.0. The number of rotatable bonds is 3. The third-order valence-corrected chi connectivity index (χ3v) is 6.25. The monoisotopic (exact) mass is 358 g/mol. The summed E-state index contributed by atoms with van der Waals surface area (Å²) in [5.41, 5.74) is 3.30. The summed E-state index contributed by atoms with van der Waals surface area (Å²) in [6.07, 6.45) is 3.71. The van der Waals surface area contributed by atoms with E-state index in [2.05, 4.69) is 51.0 Å². The molecule has 3 aromatic rings. The smallest absolute Gasteiger partial charge is 0.176 e. The molecule has 0 aliphatic carbocycles. The second kappa shape index (κ2) is 6.66. The zero-order valence-electron chi connectivity index (χ0n) is 13.6. The fraction of sp³-hybridized carbons (Fsp3) is 0.353. The maximum atomic E-state index is 6.03. The van der Waals surface area contributed by atoms with Crippen LogP contribution in [0.5, 0.6) is 0 Å². The van der Waals surface area contributed by atoms with Crippen molar-refractivity contribution in [3.05, 3.63) is 41.7 Å². The molecule has 1 atom stereocenters. The highest BCUT2D eigenvalue weighted by molar-refractivity contribution is 8.00. The standard InChI is InChI=1S/C17H18N4OS2/c1-11-5-3-4-6-12(11)13-9-21(7-8-22-13)16-14-15(18-10-19-16)20-17(23-2)24-14/h3-6,10,13H,7-9H2,1-2H3. The van der Waals surface area contributed by atoms with Crippen molar-refractivity contribution in [3.8, 4) is 0 Å². The van der Waals surface area contributed by atoms with Crippen LogP contribution in [0.4, 0.5) is 5.82 Å². The number of thioether (sulfide) groups is 1. The van der Waals surface area contributed by atoms with Gasteiger partial charge in [0.25, 0.3) is 0 Å². The number of benzene rings is 1. The van der Waals surface area contributed by atoms with Crippen LogP contribution in [0.3, 0.4) is 0 Å². The van der Waals surface area contributed by atoms with Gasteiger partial charge in [-0.2, -0.15) is 0 Å². The molecule has 0 saturated carbocycles. The molecule has 5 nitrogen and oxygen atoms in total. The normalized spacial score (nSPS) is 18.2. The Hall–Kier alpha value is -1.70. The predicted octanol–water partition coefficient (Wildman–Crippen LogP) is 3.69. The van der Waals surface area contributed by atoms with Crippen molar-refractivity contribution in [1.82, 2.24) is 15.0 Å². The van der Waals surface area contributed by atoms with Gasteiger partial charge in [-0.1, -0.05) is 36.0 Å². The van der Waals surface area contributed by atoms with Gasteiger partial charge < -0.3 is 9.64 Å². The minimum atomic E-state index is 0.0675. The van der Waals surface area contributed by atoms with Gasteiger partial charge in [-0.15, -0.1) is 11.3 Å². The Morgan fingerprint density at radius 2 is 2.17 bits per heavy atom. The van der Waals surface area contributed by atoms with Crippen LogP contribution in [0.25, 0.3) is 10.3 Å². The maximum Gasteiger partial charge on any atom is 0.176 e. The third kappa shape index (κ3) is 2.87. The summed E-state index contributed by atoms with van der Waals surface area (Å²) < 4.78 is 8.12. The Morgan fingerprint density at radius 3 is 3.00 bits per heavy atom. The van der Waals surface area contributed by atoms with Gasteiger partial charge in [0.15, 0.2) is 15.8 Å². The van der Waals surface area contributed by atoms with Crippen molar-refractivity contribution < 1.29 is 4.74 Å². The molecule has 0 radical (unpaired) electrons. The SMILES string of the molecule is CSc1nc2ncnc(N3CCOC(c4ccccc4C)C3)c2s1. The number of nitrogens with zero attached hydrogens (tertiary/aromatic N) is 4. The van der Waals surface area contributed by atoms with Gasteiger partial charge in [-0.25, -0.2) is 15.0 Å². The highest BCUT2D eigenvalue weighted by Crippen LogP contribution is 2.35. The quantitative estimate of drug-likeness (QED) is 0.666. The molecule has 0 N–H and O–H groups in total.